The maximum absolute atomic E-state index is 15.0. The van der Waals surface area contributed by atoms with Gasteiger partial charge in [0.15, 0.2) is 0 Å². The van der Waals surface area contributed by atoms with Crippen LogP contribution >= 0.6 is 11.6 Å². The first-order valence-electron chi connectivity index (χ1n) is 10.8. The number of anilines is 1. The Hall–Kier alpha value is -3.93. The highest BCUT2D eigenvalue weighted by Gasteiger charge is 2.46. The molecule has 4 rings (SSSR count). The number of carbonyl (C=O) groups is 2. The van der Waals surface area contributed by atoms with Crippen molar-refractivity contribution in [3.63, 3.8) is 0 Å². The van der Waals surface area contributed by atoms with Crippen LogP contribution in [0.1, 0.15) is 21.8 Å². The lowest BCUT2D eigenvalue weighted by atomic mass is 9.92. The van der Waals surface area contributed by atoms with Crippen molar-refractivity contribution in [1.82, 2.24) is 14.9 Å². The van der Waals surface area contributed by atoms with Gasteiger partial charge in [0, 0.05) is 40.7 Å². The van der Waals surface area contributed by atoms with E-state index in [1.807, 2.05) is 0 Å². The van der Waals surface area contributed by atoms with Crippen LogP contribution in [0.2, 0.25) is 5.02 Å². The van der Waals surface area contributed by atoms with Gasteiger partial charge in [-0.3, -0.25) is 19.0 Å². The Morgan fingerprint density at radius 3 is 2.43 bits per heavy atom. The number of aromatic nitrogens is 2. The Morgan fingerprint density at radius 1 is 1.19 bits per heavy atom. The molecule has 2 heterocycles. The fourth-order valence-corrected chi connectivity index (χ4v) is 4.26. The summed E-state index contributed by atoms with van der Waals surface area (Å²) in [5.74, 6) is -5.10. The molecular formula is C24H19ClF4N4O4. The van der Waals surface area contributed by atoms with Crippen molar-refractivity contribution in [3.8, 4) is 5.75 Å². The summed E-state index contributed by atoms with van der Waals surface area (Å²) in [6.07, 6.45) is -0.993. The molecule has 2 aromatic carbocycles. The van der Waals surface area contributed by atoms with Crippen molar-refractivity contribution < 1.29 is 31.9 Å². The van der Waals surface area contributed by atoms with Crippen molar-refractivity contribution >= 4 is 29.1 Å². The molecule has 1 fully saturated rings. The van der Waals surface area contributed by atoms with Crippen LogP contribution in [0.4, 0.5) is 23.2 Å². The van der Waals surface area contributed by atoms with E-state index in [1.165, 1.54) is 31.4 Å². The zero-order valence-corrected chi connectivity index (χ0v) is 19.9. The first kappa shape index (κ1) is 26.1. The highest BCUT2D eigenvalue weighted by molar-refractivity contribution is 6.30. The molecule has 1 aliphatic heterocycles. The summed E-state index contributed by atoms with van der Waals surface area (Å²) in [6, 6.07) is 6.00. The Balaban J connectivity index is 1.77. The first-order chi connectivity index (χ1) is 17.6. The molecule has 8 nitrogen and oxygen atoms in total. The van der Waals surface area contributed by atoms with Gasteiger partial charge >= 0.3 is 0 Å². The molecule has 0 spiro atoms. The minimum Gasteiger partial charge on any atom is -0.497 e. The molecule has 1 aromatic heterocycles. The Bertz CT molecular complexity index is 1380. The van der Waals surface area contributed by atoms with Gasteiger partial charge in [-0.15, -0.1) is 0 Å². The molecule has 2 atom stereocenters. The van der Waals surface area contributed by atoms with Crippen LogP contribution < -0.4 is 20.5 Å². The van der Waals surface area contributed by atoms with Crippen molar-refractivity contribution in [3.05, 3.63) is 87.1 Å². The van der Waals surface area contributed by atoms with Crippen molar-refractivity contribution in [2.24, 2.45) is 0 Å². The number of nitrogens with one attached hydrogen (secondary N) is 1. The number of halogens is 5. The first-order valence-corrected chi connectivity index (χ1v) is 11.2. The molecule has 0 aliphatic carbocycles. The van der Waals surface area contributed by atoms with Gasteiger partial charge in [0.1, 0.15) is 29.1 Å². The SMILES string of the molecule is COc1cc(F)c([C@@H]2CN(c3cncn(CC(F)F)c3=O)C(=O)C2NC(=O)c2ccc(Cl)cc2)c(F)c1. The van der Waals surface area contributed by atoms with Crippen LogP contribution in [0.25, 0.3) is 0 Å². The van der Waals surface area contributed by atoms with E-state index in [9.17, 15) is 23.2 Å². The minimum atomic E-state index is -2.87. The fourth-order valence-electron chi connectivity index (χ4n) is 4.13. The number of carbonyl (C=O) groups excluding carboxylic acids is 2. The van der Waals surface area contributed by atoms with Crippen molar-refractivity contribution in [2.45, 2.75) is 24.9 Å². The van der Waals surface area contributed by atoms with Crippen LogP contribution in [-0.2, 0) is 11.3 Å². The van der Waals surface area contributed by atoms with E-state index in [0.29, 0.717) is 9.59 Å². The van der Waals surface area contributed by atoms with Crippen molar-refractivity contribution in [2.75, 3.05) is 18.6 Å². The molecule has 0 saturated carbocycles. The molecule has 194 valence electrons. The molecule has 1 aliphatic rings. The topological polar surface area (TPSA) is 93.5 Å². The molecule has 1 saturated heterocycles. The summed E-state index contributed by atoms with van der Waals surface area (Å²) in [5.41, 5.74) is -1.74. The predicted octanol–water partition coefficient (Wildman–Crippen LogP) is 3.38. The molecule has 3 aromatic rings. The monoisotopic (exact) mass is 538 g/mol. The van der Waals surface area contributed by atoms with Gasteiger partial charge in [0.05, 0.1) is 26.2 Å². The van der Waals surface area contributed by atoms with Gasteiger partial charge in [-0.05, 0) is 24.3 Å². The number of ether oxygens (including phenoxy) is 1. The smallest absolute Gasteiger partial charge is 0.277 e. The molecule has 1 unspecified atom stereocenters. The van der Waals surface area contributed by atoms with Crippen LogP contribution in [0.15, 0.2) is 53.7 Å². The van der Waals surface area contributed by atoms with E-state index in [1.54, 1.807) is 0 Å². The van der Waals surface area contributed by atoms with E-state index in [-0.39, 0.29) is 17.0 Å². The fraction of sp³-hybridized carbons (Fsp3) is 0.250. The van der Waals surface area contributed by atoms with E-state index >= 15 is 8.78 Å². The zero-order valence-electron chi connectivity index (χ0n) is 19.1. The third-order valence-corrected chi connectivity index (χ3v) is 6.13. The van der Waals surface area contributed by atoms with Gasteiger partial charge < -0.3 is 15.0 Å². The number of hydrogen-bond acceptors (Lipinski definition) is 5. The van der Waals surface area contributed by atoms with Crippen molar-refractivity contribution in [1.29, 1.82) is 0 Å². The third-order valence-electron chi connectivity index (χ3n) is 5.87. The summed E-state index contributed by atoms with van der Waals surface area (Å²) in [7, 11) is 1.22. The van der Waals surface area contributed by atoms with E-state index in [4.69, 9.17) is 16.3 Å². The maximum atomic E-state index is 15.0. The molecular weight excluding hydrogens is 520 g/mol. The number of benzene rings is 2. The predicted molar refractivity (Wildman–Crippen MR) is 125 cm³/mol. The van der Waals surface area contributed by atoms with Gasteiger partial charge in [0.2, 0.25) is 5.91 Å². The second-order valence-corrected chi connectivity index (χ2v) is 8.58. The quantitative estimate of drug-likeness (QED) is 0.466. The third kappa shape index (κ3) is 5.29. The van der Waals surface area contributed by atoms with E-state index in [0.717, 1.165) is 29.6 Å². The lowest BCUT2D eigenvalue weighted by Gasteiger charge is -2.20. The largest absolute Gasteiger partial charge is 0.497 e. The van der Waals surface area contributed by atoms with Crippen LogP contribution in [0.3, 0.4) is 0 Å². The van der Waals surface area contributed by atoms with Gasteiger partial charge in [-0.1, -0.05) is 11.6 Å². The zero-order chi connectivity index (χ0) is 26.9. The summed E-state index contributed by atoms with van der Waals surface area (Å²) < 4.78 is 61.3. The second-order valence-electron chi connectivity index (χ2n) is 8.15. The molecule has 13 heteroatoms. The van der Waals surface area contributed by atoms with Crippen LogP contribution in [-0.4, -0.2) is 47.5 Å². The normalized spacial score (nSPS) is 17.4. The number of alkyl halides is 2. The lowest BCUT2D eigenvalue weighted by molar-refractivity contribution is -0.118. The lowest BCUT2D eigenvalue weighted by Crippen LogP contribution is -2.44. The standard InChI is InChI=1S/C24H19ClF4N4O4/c1-37-14-6-16(26)20(17(27)7-14)15-9-33(18-8-30-11-32(23(18)35)10-19(28)29)24(36)21(15)31-22(34)12-2-4-13(25)5-3-12/h2-8,11,15,19,21H,9-10H2,1H3,(H,31,34)/t15-,21?/m0/s1. The number of amides is 2. The maximum Gasteiger partial charge on any atom is 0.277 e. The number of rotatable bonds is 7. The summed E-state index contributed by atoms with van der Waals surface area (Å²) in [5, 5.41) is 2.83. The Morgan fingerprint density at radius 2 is 1.84 bits per heavy atom. The number of nitrogens with zero attached hydrogens (tertiary/aromatic N) is 3. The van der Waals surface area contributed by atoms with E-state index < -0.39 is 66.0 Å². The highest BCUT2D eigenvalue weighted by atomic mass is 35.5. The van der Waals surface area contributed by atoms with Crippen LogP contribution in [0, 0.1) is 11.6 Å². The molecule has 37 heavy (non-hydrogen) atoms. The number of hydrogen-bond donors (Lipinski definition) is 1. The second kappa shape index (κ2) is 10.6. The average molecular weight is 539 g/mol. The minimum absolute atomic E-state index is 0.108. The summed E-state index contributed by atoms with van der Waals surface area (Å²) in [4.78, 5) is 43.8. The van der Waals surface area contributed by atoms with E-state index in [2.05, 4.69) is 10.3 Å². The molecule has 1 N–H and O–H groups in total. The summed E-state index contributed by atoms with van der Waals surface area (Å²) >= 11 is 5.85. The van der Waals surface area contributed by atoms with Gasteiger partial charge in [-0.2, -0.15) is 0 Å². The number of methoxy groups -OCH3 is 1. The van der Waals surface area contributed by atoms with Gasteiger partial charge in [-0.25, -0.2) is 22.5 Å². The summed E-state index contributed by atoms with van der Waals surface area (Å²) in [6.45, 7) is -1.41. The average Bonchev–Trinajstić information content (AvgIpc) is 3.15. The van der Waals surface area contributed by atoms with Crippen LogP contribution in [0.5, 0.6) is 5.75 Å². The Labute approximate surface area is 212 Å². The van der Waals surface area contributed by atoms with Gasteiger partial charge in [0.25, 0.3) is 17.9 Å². The molecule has 2 amide bonds. The highest BCUT2D eigenvalue weighted by Crippen LogP contribution is 2.35. The molecule has 0 bridgehead atoms. The Kier molecular flexibility index (Phi) is 7.48. The molecule has 0 radical (unpaired) electrons.